The van der Waals surface area contributed by atoms with E-state index in [2.05, 4.69) is 10.6 Å². The highest BCUT2D eigenvalue weighted by atomic mass is 16.5. The lowest BCUT2D eigenvalue weighted by Gasteiger charge is -2.18. The first-order chi connectivity index (χ1) is 10.3. The van der Waals surface area contributed by atoms with Crippen LogP contribution in [0.1, 0.15) is 12.5 Å². The molecule has 0 aromatic heterocycles. The van der Waals surface area contributed by atoms with Gasteiger partial charge in [-0.15, -0.1) is 0 Å². The van der Waals surface area contributed by atoms with E-state index in [9.17, 15) is 9.59 Å². The second kappa shape index (κ2) is 8.51. The predicted octanol–water partition coefficient (Wildman–Crippen LogP) is 1.72. The van der Waals surface area contributed by atoms with E-state index in [1.54, 1.807) is 12.1 Å². The number of nitrogens with zero attached hydrogens (tertiary/aromatic N) is 1. The van der Waals surface area contributed by atoms with Gasteiger partial charge in [0.05, 0.1) is 0 Å². The van der Waals surface area contributed by atoms with Crippen LogP contribution in [0.4, 0.5) is 11.4 Å². The SMILES string of the molecule is COCC(=O)Nc1ccc(C)c(NC(=O)C(C)CN(C)C)c1. The molecule has 6 heteroatoms. The summed E-state index contributed by atoms with van der Waals surface area (Å²) in [5.41, 5.74) is 2.27. The van der Waals surface area contributed by atoms with Crippen molar-refractivity contribution in [1.82, 2.24) is 4.90 Å². The van der Waals surface area contributed by atoms with E-state index in [1.165, 1.54) is 7.11 Å². The van der Waals surface area contributed by atoms with Gasteiger partial charge in [-0.2, -0.15) is 0 Å². The Morgan fingerprint density at radius 3 is 2.55 bits per heavy atom. The molecule has 0 saturated heterocycles. The molecule has 1 aromatic rings. The second-order valence-corrected chi connectivity index (χ2v) is 5.66. The lowest BCUT2D eigenvalue weighted by Crippen LogP contribution is -2.30. The number of carbonyl (C=O) groups is 2. The highest BCUT2D eigenvalue weighted by Crippen LogP contribution is 2.21. The molecule has 0 spiro atoms. The number of hydrogen-bond donors (Lipinski definition) is 2. The van der Waals surface area contributed by atoms with Crippen LogP contribution in [-0.2, 0) is 14.3 Å². The van der Waals surface area contributed by atoms with Crippen molar-refractivity contribution in [2.45, 2.75) is 13.8 Å². The number of carbonyl (C=O) groups excluding carboxylic acids is 2. The summed E-state index contributed by atoms with van der Waals surface area (Å²) < 4.78 is 4.78. The fourth-order valence-electron chi connectivity index (χ4n) is 2.05. The van der Waals surface area contributed by atoms with Crippen molar-refractivity contribution < 1.29 is 14.3 Å². The summed E-state index contributed by atoms with van der Waals surface area (Å²) in [6, 6.07) is 5.40. The standard InChI is InChI=1S/C16H25N3O3/c1-11-6-7-13(17-15(20)10-22-5)8-14(11)18-16(21)12(2)9-19(3)4/h6-8,12H,9-10H2,1-5H3,(H,17,20)(H,18,21). The molecule has 1 aromatic carbocycles. The van der Waals surface area contributed by atoms with E-state index >= 15 is 0 Å². The van der Waals surface area contributed by atoms with Gasteiger partial charge in [-0.05, 0) is 38.7 Å². The lowest BCUT2D eigenvalue weighted by molar-refractivity contribution is -0.120. The molecule has 0 heterocycles. The fraction of sp³-hybridized carbons (Fsp3) is 0.500. The normalized spacial score (nSPS) is 12.1. The van der Waals surface area contributed by atoms with Crippen molar-refractivity contribution in [2.75, 3.05) is 45.0 Å². The smallest absolute Gasteiger partial charge is 0.250 e. The van der Waals surface area contributed by atoms with Crippen molar-refractivity contribution in [1.29, 1.82) is 0 Å². The Hall–Kier alpha value is -1.92. The summed E-state index contributed by atoms with van der Waals surface area (Å²) in [7, 11) is 5.33. The fourth-order valence-corrected chi connectivity index (χ4v) is 2.05. The largest absolute Gasteiger partial charge is 0.375 e. The minimum atomic E-state index is -0.232. The number of amides is 2. The Bertz CT molecular complexity index is 529. The van der Waals surface area contributed by atoms with Gasteiger partial charge in [-0.1, -0.05) is 13.0 Å². The van der Waals surface area contributed by atoms with E-state index in [-0.39, 0.29) is 24.3 Å². The zero-order valence-corrected chi connectivity index (χ0v) is 13.9. The van der Waals surface area contributed by atoms with Crippen molar-refractivity contribution in [2.24, 2.45) is 5.92 Å². The molecule has 1 unspecified atom stereocenters. The molecule has 6 nitrogen and oxygen atoms in total. The molecule has 0 aliphatic heterocycles. The lowest BCUT2D eigenvalue weighted by atomic mass is 10.1. The Morgan fingerprint density at radius 1 is 1.27 bits per heavy atom. The van der Waals surface area contributed by atoms with Crippen LogP contribution in [0.25, 0.3) is 0 Å². The van der Waals surface area contributed by atoms with Crippen molar-refractivity contribution in [3.05, 3.63) is 23.8 Å². The van der Waals surface area contributed by atoms with Gasteiger partial charge in [0.15, 0.2) is 0 Å². The number of aryl methyl sites for hydroxylation is 1. The van der Waals surface area contributed by atoms with Crippen LogP contribution in [0.2, 0.25) is 0 Å². The average Bonchev–Trinajstić information content (AvgIpc) is 2.42. The second-order valence-electron chi connectivity index (χ2n) is 5.66. The molecule has 0 aliphatic carbocycles. The molecule has 1 atom stereocenters. The van der Waals surface area contributed by atoms with E-state index in [0.717, 1.165) is 5.56 Å². The molecular formula is C16H25N3O3. The maximum absolute atomic E-state index is 12.2. The number of rotatable bonds is 7. The number of anilines is 2. The van der Waals surface area contributed by atoms with Gasteiger partial charge in [0.25, 0.3) is 0 Å². The Morgan fingerprint density at radius 2 is 1.95 bits per heavy atom. The van der Waals surface area contributed by atoms with Crippen LogP contribution in [-0.4, -0.2) is 51.1 Å². The summed E-state index contributed by atoms with van der Waals surface area (Å²) in [4.78, 5) is 25.7. The Kier molecular flexibility index (Phi) is 7.01. The number of nitrogens with one attached hydrogen (secondary N) is 2. The molecule has 22 heavy (non-hydrogen) atoms. The van der Waals surface area contributed by atoms with Gasteiger partial charge in [0, 0.05) is 30.9 Å². The average molecular weight is 307 g/mol. The quantitative estimate of drug-likeness (QED) is 0.804. The van der Waals surface area contributed by atoms with Crippen molar-refractivity contribution >= 4 is 23.2 Å². The third-order valence-electron chi connectivity index (χ3n) is 3.14. The van der Waals surface area contributed by atoms with Crippen LogP contribution in [0.5, 0.6) is 0 Å². The predicted molar refractivity (Wildman–Crippen MR) is 88.0 cm³/mol. The zero-order valence-electron chi connectivity index (χ0n) is 13.9. The summed E-state index contributed by atoms with van der Waals surface area (Å²) in [6.45, 7) is 4.46. The first kappa shape index (κ1) is 18.1. The van der Waals surface area contributed by atoms with Crippen molar-refractivity contribution in [3.63, 3.8) is 0 Å². The van der Waals surface area contributed by atoms with Gasteiger partial charge in [-0.3, -0.25) is 9.59 Å². The molecule has 0 fully saturated rings. The third-order valence-corrected chi connectivity index (χ3v) is 3.14. The van der Waals surface area contributed by atoms with Gasteiger partial charge in [0.1, 0.15) is 6.61 Å². The molecule has 1 rings (SSSR count). The van der Waals surface area contributed by atoms with Crippen LogP contribution in [0.15, 0.2) is 18.2 Å². The molecule has 0 radical (unpaired) electrons. The van der Waals surface area contributed by atoms with Crippen LogP contribution in [0.3, 0.4) is 0 Å². The third kappa shape index (κ3) is 5.83. The molecule has 0 aliphatic rings. The zero-order chi connectivity index (χ0) is 16.7. The van der Waals surface area contributed by atoms with Crippen LogP contribution >= 0.6 is 0 Å². The molecule has 0 saturated carbocycles. The summed E-state index contributed by atoms with van der Waals surface area (Å²) in [5, 5.41) is 5.63. The topological polar surface area (TPSA) is 70.7 Å². The molecule has 0 bridgehead atoms. The van der Waals surface area contributed by atoms with Gasteiger partial charge in [0.2, 0.25) is 11.8 Å². The van der Waals surface area contributed by atoms with Gasteiger partial charge < -0.3 is 20.3 Å². The van der Waals surface area contributed by atoms with E-state index in [0.29, 0.717) is 17.9 Å². The van der Waals surface area contributed by atoms with Gasteiger partial charge in [-0.25, -0.2) is 0 Å². The van der Waals surface area contributed by atoms with E-state index in [4.69, 9.17) is 4.74 Å². The first-order valence-electron chi connectivity index (χ1n) is 7.18. The molecular weight excluding hydrogens is 282 g/mol. The summed E-state index contributed by atoms with van der Waals surface area (Å²) in [5.74, 6) is -0.400. The van der Waals surface area contributed by atoms with E-state index < -0.39 is 0 Å². The molecule has 122 valence electrons. The van der Waals surface area contributed by atoms with Crippen LogP contribution in [0, 0.1) is 12.8 Å². The van der Waals surface area contributed by atoms with E-state index in [1.807, 2.05) is 38.9 Å². The highest BCUT2D eigenvalue weighted by Gasteiger charge is 2.15. The van der Waals surface area contributed by atoms with Crippen molar-refractivity contribution in [3.8, 4) is 0 Å². The number of ether oxygens (including phenoxy) is 1. The monoisotopic (exact) mass is 307 g/mol. The first-order valence-corrected chi connectivity index (χ1v) is 7.18. The summed E-state index contributed by atoms with van der Waals surface area (Å²) in [6.07, 6.45) is 0. The molecule has 2 N–H and O–H groups in total. The number of methoxy groups -OCH3 is 1. The minimum Gasteiger partial charge on any atom is -0.375 e. The summed E-state index contributed by atoms with van der Waals surface area (Å²) >= 11 is 0. The van der Waals surface area contributed by atoms with Crippen LogP contribution < -0.4 is 10.6 Å². The Balaban J connectivity index is 2.77. The maximum Gasteiger partial charge on any atom is 0.250 e. The van der Waals surface area contributed by atoms with Gasteiger partial charge >= 0.3 is 0 Å². The minimum absolute atomic E-state index is 0.00453. The maximum atomic E-state index is 12.2. The molecule has 2 amide bonds. The number of benzene rings is 1. The highest BCUT2D eigenvalue weighted by molar-refractivity contribution is 5.96. The Labute approximate surface area is 131 Å². The number of hydrogen-bond acceptors (Lipinski definition) is 4.